The summed E-state index contributed by atoms with van der Waals surface area (Å²) in [6, 6.07) is 2.56. The molecule has 2 N–H and O–H groups in total. The Bertz CT molecular complexity index is 994. The van der Waals surface area contributed by atoms with Gasteiger partial charge in [0.15, 0.2) is 0 Å². The Labute approximate surface area is 194 Å². The van der Waals surface area contributed by atoms with E-state index in [-0.39, 0.29) is 57.8 Å². The van der Waals surface area contributed by atoms with Crippen LogP contribution >= 0.6 is 0 Å². The first kappa shape index (κ1) is 23.8. The molecule has 4 heterocycles. The number of nitrogens with zero attached hydrogens (tertiary/aromatic N) is 4. The summed E-state index contributed by atoms with van der Waals surface area (Å²) in [4.78, 5) is 55.9. The number of carbonyl (C=O) groups excluding carboxylic acids is 3. The van der Waals surface area contributed by atoms with E-state index in [1.54, 1.807) is 13.0 Å². The van der Waals surface area contributed by atoms with Crippen molar-refractivity contribution in [3.63, 3.8) is 0 Å². The van der Waals surface area contributed by atoms with Gasteiger partial charge in [-0.25, -0.2) is 18.6 Å². The Morgan fingerprint density at radius 2 is 1.85 bits per heavy atom. The van der Waals surface area contributed by atoms with Gasteiger partial charge in [-0.2, -0.15) is 0 Å². The zero-order chi connectivity index (χ0) is 24.7. The van der Waals surface area contributed by atoms with E-state index in [2.05, 4.69) is 10.3 Å². The molecule has 1 aromatic rings. The normalized spacial score (nSPS) is 24.6. The standard InChI is InChI=1S/C22H27F2N5O5/c1-21(19(32)33)6-10-27(11-7-21)18(31)15-4-8-28(13-22(15,23)24)16-3-2-14(12-25-16)29-9-5-17(30)26-20(29)34/h2-3,12,15H,4-11,13H2,1H3,(H,32,33)(H,26,30,34). The van der Waals surface area contributed by atoms with Crippen LogP contribution in [0.2, 0.25) is 0 Å². The number of carbonyl (C=O) groups is 4. The molecule has 12 heteroatoms. The molecule has 0 saturated carbocycles. The predicted molar refractivity (Wildman–Crippen MR) is 117 cm³/mol. The number of likely N-dealkylation sites (tertiary alicyclic amines) is 1. The summed E-state index contributed by atoms with van der Waals surface area (Å²) in [6.45, 7) is 1.65. The summed E-state index contributed by atoms with van der Waals surface area (Å²) in [5.41, 5.74) is -0.491. The molecule has 0 radical (unpaired) electrons. The first-order valence-electron chi connectivity index (χ1n) is 11.2. The maximum Gasteiger partial charge on any atom is 0.328 e. The summed E-state index contributed by atoms with van der Waals surface area (Å²) in [6.07, 6.45) is 1.97. The van der Waals surface area contributed by atoms with E-state index in [0.29, 0.717) is 11.5 Å². The van der Waals surface area contributed by atoms with Crippen LogP contribution in [-0.2, 0) is 14.4 Å². The van der Waals surface area contributed by atoms with Crippen molar-refractivity contribution in [2.75, 3.05) is 42.5 Å². The van der Waals surface area contributed by atoms with Gasteiger partial charge in [0.2, 0.25) is 11.8 Å². The van der Waals surface area contributed by atoms with Gasteiger partial charge in [-0.3, -0.25) is 24.6 Å². The molecule has 1 aromatic heterocycles. The van der Waals surface area contributed by atoms with Crippen LogP contribution in [-0.4, -0.2) is 77.5 Å². The fourth-order valence-electron chi connectivity index (χ4n) is 4.63. The van der Waals surface area contributed by atoms with Crippen LogP contribution in [0, 0.1) is 11.3 Å². The number of hydrogen-bond donors (Lipinski definition) is 2. The van der Waals surface area contributed by atoms with Crippen molar-refractivity contribution in [3.05, 3.63) is 18.3 Å². The van der Waals surface area contributed by atoms with E-state index in [4.69, 9.17) is 0 Å². The fourth-order valence-corrected chi connectivity index (χ4v) is 4.63. The number of nitrogens with one attached hydrogen (secondary N) is 1. The summed E-state index contributed by atoms with van der Waals surface area (Å²) < 4.78 is 30.1. The number of hydrogen-bond acceptors (Lipinski definition) is 6. The average Bonchev–Trinajstić information content (AvgIpc) is 2.78. The predicted octanol–water partition coefficient (Wildman–Crippen LogP) is 1.70. The SMILES string of the molecule is CC1(C(=O)O)CCN(C(=O)C2CCN(c3ccc(N4CCC(=O)NC4=O)cn3)CC2(F)F)CC1. The van der Waals surface area contributed by atoms with Gasteiger partial charge in [-0.05, 0) is 38.3 Å². The molecule has 4 amide bonds. The lowest BCUT2D eigenvalue weighted by Crippen LogP contribution is -2.56. The van der Waals surface area contributed by atoms with Gasteiger partial charge in [0.05, 0.1) is 23.8 Å². The molecular weight excluding hydrogens is 452 g/mol. The van der Waals surface area contributed by atoms with Crippen molar-refractivity contribution < 1.29 is 33.1 Å². The number of carboxylic acid groups (broad SMARTS) is 1. The Morgan fingerprint density at radius 1 is 1.15 bits per heavy atom. The second-order valence-corrected chi connectivity index (χ2v) is 9.34. The topological polar surface area (TPSA) is 123 Å². The molecule has 0 bridgehead atoms. The molecule has 184 valence electrons. The molecule has 0 aliphatic carbocycles. The molecule has 3 fully saturated rings. The number of rotatable bonds is 4. The Morgan fingerprint density at radius 3 is 2.41 bits per heavy atom. The van der Waals surface area contributed by atoms with Crippen LogP contribution < -0.4 is 15.1 Å². The molecule has 10 nitrogen and oxygen atoms in total. The first-order valence-corrected chi connectivity index (χ1v) is 11.2. The van der Waals surface area contributed by atoms with Crippen LogP contribution in [0.25, 0.3) is 0 Å². The molecule has 4 rings (SSSR count). The Kier molecular flexibility index (Phi) is 6.17. The molecule has 0 aromatic carbocycles. The van der Waals surface area contributed by atoms with Crippen molar-refractivity contribution in [1.82, 2.24) is 15.2 Å². The fraction of sp³-hybridized carbons (Fsp3) is 0.591. The maximum absolute atomic E-state index is 15.0. The molecule has 34 heavy (non-hydrogen) atoms. The van der Waals surface area contributed by atoms with E-state index in [0.717, 1.165) is 0 Å². The highest BCUT2D eigenvalue weighted by Crippen LogP contribution is 2.38. The number of alkyl halides is 2. The van der Waals surface area contributed by atoms with Gasteiger partial charge in [0.25, 0.3) is 5.92 Å². The second kappa shape index (κ2) is 8.80. The molecular formula is C22H27F2N5O5. The van der Waals surface area contributed by atoms with Gasteiger partial charge < -0.3 is 14.9 Å². The molecule has 3 saturated heterocycles. The largest absolute Gasteiger partial charge is 0.481 e. The van der Waals surface area contributed by atoms with E-state index >= 15 is 8.78 Å². The molecule has 3 aliphatic heterocycles. The van der Waals surface area contributed by atoms with Gasteiger partial charge in [-0.15, -0.1) is 0 Å². The summed E-state index contributed by atoms with van der Waals surface area (Å²) in [7, 11) is 0. The van der Waals surface area contributed by atoms with Crippen LogP contribution in [0.5, 0.6) is 0 Å². The van der Waals surface area contributed by atoms with E-state index in [1.807, 2.05) is 0 Å². The molecule has 3 aliphatic rings. The van der Waals surface area contributed by atoms with E-state index in [9.17, 15) is 24.3 Å². The number of halogens is 2. The monoisotopic (exact) mass is 479 g/mol. The van der Waals surface area contributed by atoms with Crippen molar-refractivity contribution in [1.29, 1.82) is 0 Å². The van der Waals surface area contributed by atoms with Crippen molar-refractivity contribution in [3.8, 4) is 0 Å². The maximum atomic E-state index is 15.0. The van der Waals surface area contributed by atoms with Crippen LogP contribution in [0.4, 0.5) is 25.1 Å². The minimum Gasteiger partial charge on any atom is -0.481 e. The van der Waals surface area contributed by atoms with E-state index in [1.165, 1.54) is 27.0 Å². The number of carboxylic acids is 1. The smallest absolute Gasteiger partial charge is 0.328 e. The first-order chi connectivity index (χ1) is 16.0. The lowest BCUT2D eigenvalue weighted by molar-refractivity contribution is -0.160. The van der Waals surface area contributed by atoms with Gasteiger partial charge in [0.1, 0.15) is 11.7 Å². The van der Waals surface area contributed by atoms with Crippen LogP contribution in [0.3, 0.4) is 0 Å². The second-order valence-electron chi connectivity index (χ2n) is 9.34. The lowest BCUT2D eigenvalue weighted by Gasteiger charge is -2.42. The molecule has 0 spiro atoms. The number of piperidine rings is 2. The highest BCUT2D eigenvalue weighted by atomic mass is 19.3. The number of imide groups is 1. The third-order valence-electron chi connectivity index (χ3n) is 7.01. The zero-order valence-electron chi connectivity index (χ0n) is 18.8. The van der Waals surface area contributed by atoms with Crippen LogP contribution in [0.1, 0.15) is 32.6 Å². The van der Waals surface area contributed by atoms with Gasteiger partial charge >= 0.3 is 12.0 Å². The number of aliphatic carboxylic acids is 1. The quantitative estimate of drug-likeness (QED) is 0.674. The number of amides is 4. The average molecular weight is 479 g/mol. The summed E-state index contributed by atoms with van der Waals surface area (Å²) in [5.74, 6) is -6.37. The summed E-state index contributed by atoms with van der Waals surface area (Å²) in [5, 5.41) is 11.6. The zero-order valence-corrected chi connectivity index (χ0v) is 18.8. The van der Waals surface area contributed by atoms with Gasteiger partial charge in [0, 0.05) is 32.6 Å². The van der Waals surface area contributed by atoms with Crippen molar-refractivity contribution in [2.24, 2.45) is 11.3 Å². The number of urea groups is 1. The minimum absolute atomic E-state index is 0.0569. The van der Waals surface area contributed by atoms with Crippen molar-refractivity contribution >= 4 is 35.3 Å². The molecule has 1 unspecified atom stereocenters. The highest BCUT2D eigenvalue weighted by molar-refractivity contribution is 6.05. The van der Waals surface area contributed by atoms with Crippen molar-refractivity contribution in [2.45, 2.75) is 38.5 Å². The number of aromatic nitrogens is 1. The third-order valence-corrected chi connectivity index (χ3v) is 7.01. The molecule has 1 atom stereocenters. The Balaban J connectivity index is 1.38. The summed E-state index contributed by atoms with van der Waals surface area (Å²) >= 11 is 0. The highest BCUT2D eigenvalue weighted by Gasteiger charge is 2.51. The van der Waals surface area contributed by atoms with E-state index < -0.39 is 41.7 Å². The number of pyridine rings is 1. The minimum atomic E-state index is -3.28. The lowest BCUT2D eigenvalue weighted by atomic mass is 9.80. The van der Waals surface area contributed by atoms with Crippen LogP contribution in [0.15, 0.2) is 18.3 Å². The number of anilines is 2. The third kappa shape index (κ3) is 4.53. The Hall–Kier alpha value is -3.31. The van der Waals surface area contributed by atoms with Gasteiger partial charge in [-0.1, -0.05) is 0 Å².